The Morgan fingerprint density at radius 1 is 0.382 bits per heavy atom. The van der Waals surface area contributed by atoms with Crippen LogP contribution in [-0.4, -0.2) is 9.13 Å². The van der Waals surface area contributed by atoms with Crippen LogP contribution in [0, 0.1) is 0 Å². The van der Waals surface area contributed by atoms with Crippen molar-refractivity contribution in [2.45, 2.75) is 0 Å². The number of fused-ring (bicyclic) bond motifs is 6. The van der Waals surface area contributed by atoms with Crippen LogP contribution in [0.5, 0.6) is 0 Å². The zero-order valence-corrected chi connectivity index (χ0v) is 18.3. The van der Waals surface area contributed by atoms with Crippen LogP contribution < -0.4 is 5.56 Å². The van der Waals surface area contributed by atoms with Crippen LogP contribution in [0.1, 0.15) is 0 Å². The van der Waals surface area contributed by atoms with E-state index in [2.05, 4.69) is 71.3 Å². The van der Waals surface area contributed by atoms with Crippen molar-refractivity contribution in [1.29, 1.82) is 0 Å². The maximum atomic E-state index is 13.6. The summed E-state index contributed by atoms with van der Waals surface area (Å²) in [4.78, 5) is 13.6. The van der Waals surface area contributed by atoms with E-state index in [4.69, 9.17) is 0 Å². The van der Waals surface area contributed by atoms with E-state index < -0.39 is 0 Å². The largest absolute Gasteiger partial charge is 0.309 e. The maximum Gasteiger partial charge on any atom is 0.263 e. The summed E-state index contributed by atoms with van der Waals surface area (Å²) >= 11 is 0. The van der Waals surface area contributed by atoms with Crippen molar-refractivity contribution in [3.8, 4) is 11.4 Å². The topological polar surface area (TPSA) is 26.9 Å². The SMILES string of the molecule is O=c1c2ccccc2c2cc(-n3c4ccccc4c4ccccc43)ccc2n1-c1ccccc1. The van der Waals surface area contributed by atoms with Crippen LogP contribution in [0.3, 0.4) is 0 Å². The molecule has 0 N–H and O–H groups in total. The van der Waals surface area contributed by atoms with Gasteiger partial charge in [0.1, 0.15) is 0 Å². The second-order valence-corrected chi connectivity index (χ2v) is 8.59. The summed E-state index contributed by atoms with van der Waals surface area (Å²) in [6.45, 7) is 0. The summed E-state index contributed by atoms with van der Waals surface area (Å²) in [7, 11) is 0. The maximum absolute atomic E-state index is 13.6. The quantitative estimate of drug-likeness (QED) is 0.262. The van der Waals surface area contributed by atoms with Gasteiger partial charge in [-0.05, 0) is 53.9 Å². The Labute approximate surface area is 195 Å². The molecular formula is C31H20N2O. The van der Waals surface area contributed by atoms with Crippen molar-refractivity contribution in [1.82, 2.24) is 9.13 Å². The van der Waals surface area contributed by atoms with Gasteiger partial charge >= 0.3 is 0 Å². The van der Waals surface area contributed by atoms with Crippen LogP contribution in [0.25, 0.3) is 54.9 Å². The van der Waals surface area contributed by atoms with Gasteiger partial charge in [0.05, 0.1) is 16.6 Å². The van der Waals surface area contributed by atoms with Crippen molar-refractivity contribution >= 4 is 43.5 Å². The molecule has 7 aromatic rings. The van der Waals surface area contributed by atoms with Crippen molar-refractivity contribution in [2.24, 2.45) is 0 Å². The first-order valence-electron chi connectivity index (χ1n) is 11.4. The monoisotopic (exact) mass is 436 g/mol. The van der Waals surface area contributed by atoms with Crippen LogP contribution in [0.2, 0.25) is 0 Å². The van der Waals surface area contributed by atoms with E-state index in [0.29, 0.717) is 0 Å². The predicted octanol–water partition coefficient (Wildman–Crippen LogP) is 7.24. The minimum atomic E-state index is -0.00101. The van der Waals surface area contributed by atoms with Crippen LogP contribution in [-0.2, 0) is 0 Å². The summed E-state index contributed by atoms with van der Waals surface area (Å²) in [6.07, 6.45) is 0. The van der Waals surface area contributed by atoms with E-state index in [1.165, 1.54) is 21.8 Å². The Kier molecular flexibility index (Phi) is 4.00. The first-order valence-corrected chi connectivity index (χ1v) is 11.4. The summed E-state index contributed by atoms with van der Waals surface area (Å²) in [5, 5.41) is 5.21. The Bertz CT molecular complexity index is 1870. The lowest BCUT2D eigenvalue weighted by molar-refractivity contribution is 1.06. The molecule has 0 saturated heterocycles. The molecule has 0 spiro atoms. The summed E-state index contributed by atoms with van der Waals surface area (Å²) in [5.74, 6) is 0. The predicted molar refractivity (Wildman–Crippen MR) is 141 cm³/mol. The highest BCUT2D eigenvalue weighted by atomic mass is 16.1. The van der Waals surface area contributed by atoms with Gasteiger partial charge in [-0.2, -0.15) is 0 Å². The molecule has 0 radical (unpaired) electrons. The Hall–Kier alpha value is -4.63. The molecule has 0 amide bonds. The van der Waals surface area contributed by atoms with Gasteiger partial charge < -0.3 is 4.57 Å². The fourth-order valence-corrected chi connectivity index (χ4v) is 5.24. The average molecular weight is 437 g/mol. The highest BCUT2D eigenvalue weighted by Crippen LogP contribution is 2.34. The van der Waals surface area contributed by atoms with Gasteiger partial charge in [-0.15, -0.1) is 0 Å². The minimum absolute atomic E-state index is 0.00101. The zero-order chi connectivity index (χ0) is 22.6. The van der Waals surface area contributed by atoms with E-state index in [9.17, 15) is 4.79 Å². The average Bonchev–Trinajstić information content (AvgIpc) is 3.24. The van der Waals surface area contributed by atoms with Gasteiger partial charge in [0.25, 0.3) is 5.56 Å². The van der Waals surface area contributed by atoms with E-state index >= 15 is 0 Å². The highest BCUT2D eigenvalue weighted by Gasteiger charge is 2.15. The summed E-state index contributed by atoms with van der Waals surface area (Å²) in [5.41, 5.74) is 5.19. The third kappa shape index (κ3) is 2.61. The molecule has 7 rings (SSSR count). The van der Waals surface area contributed by atoms with Crippen LogP contribution in [0.4, 0.5) is 0 Å². The lowest BCUT2D eigenvalue weighted by Gasteiger charge is -2.15. The molecule has 0 aliphatic carbocycles. The lowest BCUT2D eigenvalue weighted by atomic mass is 10.0. The first-order chi connectivity index (χ1) is 16.8. The molecule has 0 aliphatic rings. The van der Waals surface area contributed by atoms with Crippen molar-refractivity contribution in [2.75, 3.05) is 0 Å². The van der Waals surface area contributed by atoms with E-state index in [0.717, 1.165) is 33.1 Å². The lowest BCUT2D eigenvalue weighted by Crippen LogP contribution is -2.19. The summed E-state index contributed by atoms with van der Waals surface area (Å²) < 4.78 is 4.14. The number of para-hydroxylation sites is 3. The number of hydrogen-bond donors (Lipinski definition) is 0. The molecule has 34 heavy (non-hydrogen) atoms. The Balaban J connectivity index is 1.63. The van der Waals surface area contributed by atoms with Crippen LogP contribution >= 0.6 is 0 Å². The molecule has 3 nitrogen and oxygen atoms in total. The summed E-state index contributed by atoms with van der Waals surface area (Å²) in [6, 6.07) is 41.2. The molecule has 0 aliphatic heterocycles. The molecule has 2 heterocycles. The molecule has 0 saturated carbocycles. The standard InChI is InChI=1S/C31H20N2O/c34-31-26-15-5-4-12-23(26)27-20-22(18-19-30(27)33(31)21-10-2-1-3-11-21)32-28-16-8-6-13-24(28)25-14-7-9-17-29(25)32/h1-20H. The number of aromatic nitrogens is 2. The highest BCUT2D eigenvalue weighted by molar-refractivity contribution is 6.10. The normalized spacial score (nSPS) is 11.6. The van der Waals surface area contributed by atoms with E-state index in [-0.39, 0.29) is 5.56 Å². The van der Waals surface area contributed by atoms with Crippen molar-refractivity contribution in [3.63, 3.8) is 0 Å². The molecule has 3 heteroatoms. The minimum Gasteiger partial charge on any atom is -0.309 e. The molecule has 0 unspecified atom stereocenters. The Morgan fingerprint density at radius 2 is 0.912 bits per heavy atom. The molecule has 0 bridgehead atoms. The molecule has 0 fully saturated rings. The second kappa shape index (κ2) is 7.19. The third-order valence-corrected chi connectivity index (χ3v) is 6.72. The van der Waals surface area contributed by atoms with Gasteiger partial charge in [-0.1, -0.05) is 72.8 Å². The first kappa shape index (κ1) is 18.9. The van der Waals surface area contributed by atoms with Gasteiger partial charge in [-0.25, -0.2) is 0 Å². The molecule has 2 aromatic heterocycles. The number of hydrogen-bond acceptors (Lipinski definition) is 1. The molecular weight excluding hydrogens is 416 g/mol. The molecule has 0 atom stereocenters. The van der Waals surface area contributed by atoms with E-state index in [1.807, 2.05) is 59.2 Å². The second-order valence-electron chi connectivity index (χ2n) is 8.59. The number of benzene rings is 5. The molecule has 5 aromatic carbocycles. The molecule has 160 valence electrons. The number of pyridine rings is 1. The fraction of sp³-hybridized carbons (Fsp3) is 0. The van der Waals surface area contributed by atoms with Crippen LogP contribution in [0.15, 0.2) is 126 Å². The van der Waals surface area contributed by atoms with Crippen molar-refractivity contribution in [3.05, 3.63) is 132 Å². The third-order valence-electron chi connectivity index (χ3n) is 6.72. The smallest absolute Gasteiger partial charge is 0.263 e. The van der Waals surface area contributed by atoms with E-state index in [1.54, 1.807) is 0 Å². The number of nitrogens with zero attached hydrogens (tertiary/aromatic N) is 2. The van der Waals surface area contributed by atoms with Crippen molar-refractivity contribution < 1.29 is 0 Å². The number of rotatable bonds is 2. The Morgan fingerprint density at radius 3 is 1.59 bits per heavy atom. The van der Waals surface area contributed by atoms with Gasteiger partial charge in [0.15, 0.2) is 0 Å². The fourth-order valence-electron chi connectivity index (χ4n) is 5.24. The van der Waals surface area contributed by atoms with Gasteiger partial charge in [0, 0.05) is 32.9 Å². The zero-order valence-electron chi connectivity index (χ0n) is 18.3. The van der Waals surface area contributed by atoms with Gasteiger partial charge in [-0.3, -0.25) is 9.36 Å². The van der Waals surface area contributed by atoms with Gasteiger partial charge in [0.2, 0.25) is 0 Å².